The molecule has 1 heterocycles. The van der Waals surface area contributed by atoms with Gasteiger partial charge in [-0.1, -0.05) is 25.5 Å². The summed E-state index contributed by atoms with van der Waals surface area (Å²) in [5.74, 6) is 0.460. The predicted molar refractivity (Wildman–Crippen MR) is 159 cm³/mol. The lowest BCUT2D eigenvalue weighted by atomic mass is 10.0. The van der Waals surface area contributed by atoms with Gasteiger partial charge in [0, 0.05) is 50.9 Å². The van der Waals surface area contributed by atoms with Crippen LogP contribution in [0.4, 0.5) is 10.5 Å². The highest BCUT2D eigenvalue weighted by Crippen LogP contribution is 2.25. The molecule has 12 heteroatoms. The number of sulfonamides is 1. The number of benzene rings is 2. The van der Waals surface area contributed by atoms with Crippen molar-refractivity contribution in [2.75, 3.05) is 37.2 Å². The Morgan fingerprint density at radius 1 is 1.02 bits per heavy atom. The quantitative estimate of drug-likeness (QED) is 0.264. The molecule has 0 unspecified atom stereocenters. The van der Waals surface area contributed by atoms with Crippen LogP contribution in [0.3, 0.4) is 0 Å². The minimum atomic E-state index is -3.32. The average molecular weight is 597 g/mol. The second kappa shape index (κ2) is 16.3. The third-order valence-electron chi connectivity index (χ3n) is 6.58. The van der Waals surface area contributed by atoms with Crippen LogP contribution in [0.1, 0.15) is 51.0 Å². The fraction of sp³-hybridized carbons (Fsp3) is 0.500. The molecule has 1 fully saturated rings. The van der Waals surface area contributed by atoms with Gasteiger partial charge in [-0.2, -0.15) is 0 Å². The number of likely N-dealkylation sites (tertiary alicyclic amines) is 1. The number of aliphatic carboxylic acids is 1. The fourth-order valence-corrected chi connectivity index (χ4v) is 5.13. The van der Waals surface area contributed by atoms with E-state index in [4.69, 9.17) is 9.84 Å². The lowest BCUT2D eigenvalue weighted by Gasteiger charge is -2.38. The smallest absolute Gasteiger partial charge is 0.317 e. The number of carboxylic acids is 1. The molecule has 0 radical (unpaired) electrons. The lowest BCUT2D eigenvalue weighted by molar-refractivity contribution is -0.137. The number of hydrogen-bond acceptors (Lipinski definition) is 6. The molecule has 0 bridgehead atoms. The second-order valence-electron chi connectivity index (χ2n) is 9.93. The first kappa shape index (κ1) is 33.2. The van der Waals surface area contributed by atoms with E-state index in [1.54, 1.807) is 24.3 Å². The SMILES string of the molecule is CCCCN(C(=O)NCCCC(=O)O)C1CCN(Cc2ccc(Oc3ccc(NS(C)(=O)=O)cc3)cc2)CC1.Cl. The maximum absolute atomic E-state index is 12.8. The molecule has 1 aliphatic rings. The molecule has 0 saturated carbocycles. The first-order valence-electron chi connectivity index (χ1n) is 13.5. The summed E-state index contributed by atoms with van der Waals surface area (Å²) < 4.78 is 31.0. The maximum Gasteiger partial charge on any atom is 0.317 e. The van der Waals surface area contributed by atoms with E-state index in [1.807, 2.05) is 29.2 Å². The van der Waals surface area contributed by atoms with E-state index in [9.17, 15) is 18.0 Å². The van der Waals surface area contributed by atoms with Gasteiger partial charge in [0.05, 0.1) is 6.26 Å². The molecule has 1 aliphatic heterocycles. The highest BCUT2D eigenvalue weighted by atomic mass is 35.5. The Kier molecular flexibility index (Phi) is 13.5. The standard InChI is InChI=1S/C28H40N4O6S.ClH/c1-3-4-18-32(28(35)29-17-5-6-27(33)34)24-15-19-31(20-16-24)21-22-7-11-25(12-8-22)38-26-13-9-23(10-14-26)30-39(2,36)37;/h7-14,24,30H,3-6,15-21H2,1-2H3,(H,29,35)(H,33,34);1H. The first-order valence-corrected chi connectivity index (χ1v) is 15.4. The number of unbranched alkanes of at least 4 members (excludes halogenated alkanes) is 1. The Balaban J connectivity index is 0.00000560. The van der Waals surface area contributed by atoms with E-state index >= 15 is 0 Å². The molecular formula is C28H41ClN4O6S. The van der Waals surface area contributed by atoms with E-state index in [2.05, 4.69) is 21.9 Å². The van der Waals surface area contributed by atoms with Crippen molar-refractivity contribution in [1.29, 1.82) is 0 Å². The van der Waals surface area contributed by atoms with Crippen LogP contribution in [0.25, 0.3) is 0 Å². The molecule has 0 spiro atoms. The van der Waals surface area contributed by atoms with Crippen molar-refractivity contribution in [3.8, 4) is 11.5 Å². The summed E-state index contributed by atoms with van der Waals surface area (Å²) >= 11 is 0. The van der Waals surface area contributed by atoms with Crippen molar-refractivity contribution < 1.29 is 27.9 Å². The summed E-state index contributed by atoms with van der Waals surface area (Å²) in [5, 5.41) is 11.7. The van der Waals surface area contributed by atoms with Crippen molar-refractivity contribution >= 4 is 40.1 Å². The van der Waals surface area contributed by atoms with Gasteiger partial charge in [-0.25, -0.2) is 13.2 Å². The number of piperidine rings is 1. The molecule has 0 aliphatic carbocycles. The van der Waals surface area contributed by atoms with Crippen LogP contribution in [-0.4, -0.2) is 73.8 Å². The van der Waals surface area contributed by atoms with Crippen molar-refractivity contribution in [2.24, 2.45) is 0 Å². The van der Waals surface area contributed by atoms with Gasteiger partial charge in [0.2, 0.25) is 10.0 Å². The Labute approximate surface area is 243 Å². The van der Waals surface area contributed by atoms with Crippen molar-refractivity contribution in [2.45, 2.75) is 58.0 Å². The summed E-state index contributed by atoms with van der Waals surface area (Å²) in [7, 11) is -3.32. The topological polar surface area (TPSA) is 128 Å². The van der Waals surface area contributed by atoms with Gasteiger partial charge in [-0.3, -0.25) is 14.4 Å². The zero-order valence-electron chi connectivity index (χ0n) is 23.2. The van der Waals surface area contributed by atoms with E-state index < -0.39 is 16.0 Å². The number of carboxylic acid groups (broad SMARTS) is 1. The zero-order valence-corrected chi connectivity index (χ0v) is 24.8. The third kappa shape index (κ3) is 11.6. The number of nitrogens with one attached hydrogen (secondary N) is 2. The zero-order chi connectivity index (χ0) is 28.3. The van der Waals surface area contributed by atoms with Crippen LogP contribution in [0.2, 0.25) is 0 Å². The van der Waals surface area contributed by atoms with Gasteiger partial charge in [0.15, 0.2) is 0 Å². The van der Waals surface area contributed by atoms with Crippen molar-refractivity contribution in [3.63, 3.8) is 0 Å². The summed E-state index contributed by atoms with van der Waals surface area (Å²) in [5.41, 5.74) is 1.65. The molecule has 2 aromatic carbocycles. The fourth-order valence-electron chi connectivity index (χ4n) is 4.57. The van der Waals surface area contributed by atoms with Gasteiger partial charge in [0.25, 0.3) is 0 Å². The number of rotatable bonds is 14. The molecule has 222 valence electrons. The van der Waals surface area contributed by atoms with Gasteiger partial charge in [-0.05, 0) is 67.6 Å². The van der Waals surface area contributed by atoms with E-state index in [0.29, 0.717) is 36.7 Å². The Morgan fingerprint density at radius 3 is 2.17 bits per heavy atom. The monoisotopic (exact) mass is 596 g/mol. The molecule has 3 rings (SSSR count). The highest BCUT2D eigenvalue weighted by molar-refractivity contribution is 7.92. The first-order chi connectivity index (χ1) is 18.6. The van der Waals surface area contributed by atoms with E-state index in [-0.39, 0.29) is 30.9 Å². The predicted octanol–water partition coefficient (Wildman–Crippen LogP) is 4.91. The highest BCUT2D eigenvalue weighted by Gasteiger charge is 2.27. The summed E-state index contributed by atoms with van der Waals surface area (Å²) in [4.78, 5) is 27.9. The van der Waals surface area contributed by atoms with Crippen molar-refractivity contribution in [3.05, 3.63) is 54.1 Å². The Hall–Kier alpha value is -3.02. The summed E-state index contributed by atoms with van der Waals surface area (Å²) in [6.45, 7) is 5.80. The second-order valence-corrected chi connectivity index (χ2v) is 11.7. The van der Waals surface area contributed by atoms with Gasteiger partial charge < -0.3 is 20.1 Å². The largest absolute Gasteiger partial charge is 0.481 e. The molecule has 10 nitrogen and oxygen atoms in total. The minimum absolute atomic E-state index is 0. The number of anilines is 1. The third-order valence-corrected chi connectivity index (χ3v) is 7.18. The Bertz CT molecular complexity index is 1170. The molecular weight excluding hydrogens is 556 g/mol. The van der Waals surface area contributed by atoms with Gasteiger partial charge in [0.1, 0.15) is 11.5 Å². The summed E-state index contributed by atoms with van der Waals surface area (Å²) in [6.07, 6.45) is 5.34. The number of carbonyl (C=O) groups is 2. The van der Waals surface area contributed by atoms with Gasteiger partial charge >= 0.3 is 12.0 Å². The minimum Gasteiger partial charge on any atom is -0.481 e. The molecule has 2 amide bonds. The maximum atomic E-state index is 12.8. The number of hydrogen-bond donors (Lipinski definition) is 3. The van der Waals surface area contributed by atoms with Crippen LogP contribution >= 0.6 is 12.4 Å². The molecule has 1 saturated heterocycles. The number of ether oxygens (including phenoxy) is 1. The number of halogens is 1. The number of nitrogens with zero attached hydrogens (tertiary/aromatic N) is 2. The molecule has 0 atom stereocenters. The number of carbonyl (C=O) groups excluding carboxylic acids is 1. The Morgan fingerprint density at radius 2 is 1.62 bits per heavy atom. The molecule has 3 N–H and O–H groups in total. The van der Waals surface area contributed by atoms with Crippen LogP contribution < -0.4 is 14.8 Å². The molecule has 2 aromatic rings. The average Bonchev–Trinajstić information content (AvgIpc) is 2.89. The van der Waals surface area contributed by atoms with Gasteiger partial charge in [-0.15, -0.1) is 12.4 Å². The van der Waals surface area contributed by atoms with E-state index in [1.165, 1.54) is 5.56 Å². The summed E-state index contributed by atoms with van der Waals surface area (Å²) in [6, 6.07) is 14.8. The molecule has 0 aromatic heterocycles. The normalized spacial score (nSPS) is 14.2. The van der Waals surface area contributed by atoms with Crippen molar-refractivity contribution in [1.82, 2.24) is 15.1 Å². The van der Waals surface area contributed by atoms with Crippen LogP contribution in [-0.2, 0) is 21.4 Å². The lowest BCUT2D eigenvalue weighted by Crippen LogP contribution is -2.51. The van der Waals surface area contributed by atoms with Crippen LogP contribution in [0.5, 0.6) is 11.5 Å². The van der Waals surface area contributed by atoms with Crippen LogP contribution in [0.15, 0.2) is 48.5 Å². The molecule has 40 heavy (non-hydrogen) atoms. The number of amides is 2. The van der Waals surface area contributed by atoms with Crippen LogP contribution in [0, 0.1) is 0 Å². The van der Waals surface area contributed by atoms with E-state index in [0.717, 1.165) is 51.6 Å². The number of urea groups is 1.